The maximum Gasteiger partial charge on any atom is 0.00219 e. The lowest BCUT2D eigenvalue weighted by molar-refractivity contribution is 0.153. The van der Waals surface area contributed by atoms with E-state index in [1.807, 2.05) is 0 Å². The van der Waals surface area contributed by atoms with Crippen molar-refractivity contribution in [2.45, 2.75) is 33.1 Å². The minimum absolute atomic E-state index is 0.864. The maximum absolute atomic E-state index is 3.30. The lowest BCUT2D eigenvalue weighted by Gasteiger charge is -2.34. The molecule has 0 aromatic rings. The fraction of sp³-hybridized carbons (Fsp3) is 1.00. The number of rotatable bonds is 5. The van der Waals surface area contributed by atoms with Gasteiger partial charge < -0.3 is 10.2 Å². The Bertz CT molecular complexity index is 145. The van der Waals surface area contributed by atoms with Crippen LogP contribution in [0.15, 0.2) is 0 Å². The molecule has 0 aromatic heterocycles. The van der Waals surface area contributed by atoms with Crippen molar-refractivity contribution < 1.29 is 0 Å². The van der Waals surface area contributed by atoms with Crippen LogP contribution in [-0.4, -0.2) is 38.1 Å². The molecule has 0 aliphatic carbocycles. The van der Waals surface area contributed by atoms with Gasteiger partial charge in [-0.2, -0.15) is 0 Å². The van der Waals surface area contributed by atoms with E-state index in [9.17, 15) is 0 Å². The average molecular weight is 198 g/mol. The summed E-state index contributed by atoms with van der Waals surface area (Å²) in [5, 5.41) is 3.30. The van der Waals surface area contributed by atoms with Crippen molar-refractivity contribution in [2.75, 3.05) is 33.2 Å². The fourth-order valence-corrected chi connectivity index (χ4v) is 2.34. The Labute approximate surface area is 89.1 Å². The molecule has 2 atom stereocenters. The zero-order chi connectivity index (χ0) is 10.4. The molecule has 0 saturated carbocycles. The Balaban J connectivity index is 2.25. The predicted molar refractivity (Wildman–Crippen MR) is 62.5 cm³/mol. The molecule has 1 aliphatic heterocycles. The summed E-state index contributed by atoms with van der Waals surface area (Å²) in [7, 11) is 2.06. The summed E-state index contributed by atoms with van der Waals surface area (Å²) < 4.78 is 0. The van der Waals surface area contributed by atoms with E-state index in [0.29, 0.717) is 0 Å². The summed E-state index contributed by atoms with van der Waals surface area (Å²) in [5.41, 5.74) is 0. The van der Waals surface area contributed by atoms with E-state index in [-0.39, 0.29) is 0 Å². The van der Waals surface area contributed by atoms with Crippen LogP contribution in [0.2, 0.25) is 0 Å². The number of nitrogens with one attached hydrogen (secondary N) is 1. The van der Waals surface area contributed by atoms with Gasteiger partial charge in [-0.3, -0.25) is 0 Å². The molecule has 0 radical (unpaired) electrons. The summed E-state index contributed by atoms with van der Waals surface area (Å²) >= 11 is 0. The summed E-state index contributed by atoms with van der Waals surface area (Å²) in [4.78, 5) is 2.65. The lowest BCUT2D eigenvalue weighted by Crippen LogP contribution is -2.40. The van der Waals surface area contributed by atoms with Crippen LogP contribution in [0, 0.1) is 11.8 Å². The molecule has 1 rings (SSSR count). The van der Waals surface area contributed by atoms with Crippen molar-refractivity contribution >= 4 is 0 Å². The first-order valence-electron chi connectivity index (χ1n) is 6.13. The molecule has 0 amide bonds. The van der Waals surface area contributed by atoms with Gasteiger partial charge in [-0.05, 0) is 44.8 Å². The third-order valence-electron chi connectivity index (χ3n) is 3.36. The third kappa shape index (κ3) is 3.97. The number of nitrogens with zero attached hydrogens (tertiary/aromatic N) is 1. The van der Waals surface area contributed by atoms with Gasteiger partial charge in [0, 0.05) is 13.1 Å². The summed E-state index contributed by atoms with van der Waals surface area (Å²) in [6.45, 7) is 9.78. The van der Waals surface area contributed by atoms with Crippen LogP contribution in [0.1, 0.15) is 33.1 Å². The van der Waals surface area contributed by atoms with Gasteiger partial charge in [-0.1, -0.05) is 20.3 Å². The second kappa shape index (κ2) is 6.41. The minimum atomic E-state index is 0.864. The summed E-state index contributed by atoms with van der Waals surface area (Å²) in [6.07, 6.45) is 4.12. The quantitative estimate of drug-likeness (QED) is 0.726. The first kappa shape index (κ1) is 12.0. The summed E-state index contributed by atoms with van der Waals surface area (Å²) in [6, 6.07) is 0. The molecule has 1 fully saturated rings. The first-order valence-corrected chi connectivity index (χ1v) is 6.13. The lowest BCUT2D eigenvalue weighted by atomic mass is 9.96. The molecule has 1 aliphatic rings. The smallest absolute Gasteiger partial charge is 0.00219 e. The molecule has 1 heterocycles. The maximum atomic E-state index is 3.30. The van der Waals surface area contributed by atoms with Crippen LogP contribution in [0.25, 0.3) is 0 Å². The fourth-order valence-electron chi connectivity index (χ4n) is 2.34. The predicted octanol–water partition coefficient (Wildman–Crippen LogP) is 1.96. The van der Waals surface area contributed by atoms with Gasteiger partial charge in [-0.25, -0.2) is 0 Å². The topological polar surface area (TPSA) is 15.3 Å². The highest BCUT2D eigenvalue weighted by Crippen LogP contribution is 2.17. The normalized spacial score (nSPS) is 26.4. The van der Waals surface area contributed by atoms with E-state index < -0.39 is 0 Å². The molecule has 1 N–H and O–H groups in total. The number of likely N-dealkylation sites (tertiary alicyclic amines) is 1. The Morgan fingerprint density at radius 2 is 2.29 bits per heavy atom. The Morgan fingerprint density at radius 1 is 1.50 bits per heavy atom. The van der Waals surface area contributed by atoms with E-state index in [2.05, 4.69) is 31.1 Å². The highest BCUT2D eigenvalue weighted by atomic mass is 15.1. The highest BCUT2D eigenvalue weighted by Gasteiger charge is 2.19. The Hall–Kier alpha value is -0.0800. The van der Waals surface area contributed by atoms with Crippen molar-refractivity contribution in [1.29, 1.82) is 0 Å². The van der Waals surface area contributed by atoms with Gasteiger partial charge >= 0.3 is 0 Å². The Morgan fingerprint density at radius 3 is 2.93 bits per heavy atom. The number of hydrogen-bond donors (Lipinski definition) is 1. The van der Waals surface area contributed by atoms with Gasteiger partial charge in [-0.15, -0.1) is 0 Å². The second-order valence-corrected chi connectivity index (χ2v) is 4.84. The van der Waals surface area contributed by atoms with Crippen molar-refractivity contribution in [1.82, 2.24) is 10.2 Å². The molecule has 14 heavy (non-hydrogen) atoms. The van der Waals surface area contributed by atoms with E-state index >= 15 is 0 Å². The van der Waals surface area contributed by atoms with Crippen molar-refractivity contribution in [2.24, 2.45) is 11.8 Å². The molecule has 0 bridgehead atoms. The van der Waals surface area contributed by atoms with E-state index in [0.717, 1.165) is 11.8 Å². The van der Waals surface area contributed by atoms with E-state index in [4.69, 9.17) is 0 Å². The standard InChI is InChI=1S/C12H26N2/c1-4-11(2)9-14-7-5-6-12(10-14)8-13-3/h11-13H,4-10H2,1-3H3. The van der Waals surface area contributed by atoms with Crippen LogP contribution in [0.3, 0.4) is 0 Å². The van der Waals surface area contributed by atoms with Crippen molar-refractivity contribution in [3.05, 3.63) is 0 Å². The van der Waals surface area contributed by atoms with E-state index in [1.165, 1.54) is 45.4 Å². The average Bonchev–Trinajstić information content (AvgIpc) is 2.19. The van der Waals surface area contributed by atoms with Crippen LogP contribution in [-0.2, 0) is 0 Å². The van der Waals surface area contributed by atoms with Gasteiger partial charge in [0.2, 0.25) is 0 Å². The molecule has 2 unspecified atom stereocenters. The van der Waals surface area contributed by atoms with Crippen LogP contribution in [0.5, 0.6) is 0 Å². The van der Waals surface area contributed by atoms with E-state index in [1.54, 1.807) is 0 Å². The zero-order valence-electron chi connectivity index (χ0n) is 10.1. The van der Waals surface area contributed by atoms with Gasteiger partial charge in [0.25, 0.3) is 0 Å². The molecular formula is C12H26N2. The van der Waals surface area contributed by atoms with Crippen LogP contribution < -0.4 is 5.32 Å². The monoisotopic (exact) mass is 198 g/mol. The molecule has 0 aromatic carbocycles. The first-order chi connectivity index (χ1) is 6.76. The molecule has 0 spiro atoms. The highest BCUT2D eigenvalue weighted by molar-refractivity contribution is 4.75. The molecular weight excluding hydrogens is 172 g/mol. The largest absolute Gasteiger partial charge is 0.319 e. The molecule has 2 nitrogen and oxygen atoms in total. The number of hydrogen-bond acceptors (Lipinski definition) is 2. The van der Waals surface area contributed by atoms with Gasteiger partial charge in [0.15, 0.2) is 0 Å². The minimum Gasteiger partial charge on any atom is -0.319 e. The summed E-state index contributed by atoms with van der Waals surface area (Å²) in [5.74, 6) is 1.75. The van der Waals surface area contributed by atoms with Gasteiger partial charge in [0.1, 0.15) is 0 Å². The van der Waals surface area contributed by atoms with Crippen molar-refractivity contribution in [3.63, 3.8) is 0 Å². The molecule has 2 heteroatoms. The Kier molecular flexibility index (Phi) is 5.49. The molecule has 84 valence electrons. The number of piperidine rings is 1. The molecule has 1 saturated heterocycles. The zero-order valence-corrected chi connectivity index (χ0v) is 10.1. The van der Waals surface area contributed by atoms with Crippen LogP contribution >= 0.6 is 0 Å². The second-order valence-electron chi connectivity index (χ2n) is 4.84. The van der Waals surface area contributed by atoms with Crippen molar-refractivity contribution in [3.8, 4) is 0 Å². The SMILES string of the molecule is CCC(C)CN1CCCC(CNC)C1. The van der Waals surface area contributed by atoms with Gasteiger partial charge in [0.05, 0.1) is 0 Å². The van der Waals surface area contributed by atoms with Crippen LogP contribution in [0.4, 0.5) is 0 Å². The third-order valence-corrected chi connectivity index (χ3v) is 3.36.